The van der Waals surface area contributed by atoms with Crippen molar-refractivity contribution in [1.82, 2.24) is 0 Å². The lowest BCUT2D eigenvalue weighted by atomic mass is 10.4. The highest BCUT2D eigenvalue weighted by Gasteiger charge is 2.14. The van der Waals surface area contributed by atoms with Crippen molar-refractivity contribution in [1.29, 1.82) is 0 Å². The van der Waals surface area contributed by atoms with Gasteiger partial charge in [0.25, 0.3) is 0 Å². The van der Waals surface area contributed by atoms with Crippen LogP contribution in [0.2, 0.25) is 0 Å². The second-order valence-electron chi connectivity index (χ2n) is 2.99. The normalized spacial score (nSPS) is 14.8. The van der Waals surface area contributed by atoms with Gasteiger partial charge in [0.1, 0.15) is 0 Å². The second-order valence-corrected chi connectivity index (χ2v) is 5.44. The molecule has 0 fully saturated rings. The lowest BCUT2D eigenvalue weighted by Crippen LogP contribution is -2.24. The molecule has 1 heterocycles. The van der Waals surface area contributed by atoms with Gasteiger partial charge in [-0.15, -0.1) is 11.3 Å². The number of aliphatic hydroxyl groups excluding tert-OH is 2. The van der Waals surface area contributed by atoms with E-state index < -0.39 is 23.5 Å². The summed E-state index contributed by atoms with van der Waals surface area (Å²) in [5.74, 6) is -0.348. The van der Waals surface area contributed by atoms with E-state index in [4.69, 9.17) is 10.2 Å². The van der Waals surface area contributed by atoms with Gasteiger partial charge >= 0.3 is 0 Å². The van der Waals surface area contributed by atoms with E-state index in [-0.39, 0.29) is 17.3 Å². The Morgan fingerprint density at radius 3 is 2.87 bits per heavy atom. The number of hydrogen-bond donors (Lipinski definition) is 2. The quantitative estimate of drug-likeness (QED) is 0.697. The molecule has 0 bridgehead atoms. The van der Waals surface area contributed by atoms with E-state index in [0.29, 0.717) is 4.88 Å². The van der Waals surface area contributed by atoms with Crippen LogP contribution in [0.25, 0.3) is 0 Å². The van der Waals surface area contributed by atoms with Crippen molar-refractivity contribution >= 4 is 27.9 Å². The van der Waals surface area contributed by atoms with Crippen LogP contribution in [0.5, 0.6) is 0 Å². The minimum Gasteiger partial charge on any atom is -0.394 e. The molecule has 2 unspecified atom stereocenters. The lowest BCUT2D eigenvalue weighted by Gasteiger charge is -2.05. The van der Waals surface area contributed by atoms with Gasteiger partial charge in [0.2, 0.25) is 0 Å². The SMILES string of the molecule is O=C(CS(=O)CC(O)CO)c1cccs1. The fourth-order valence-corrected chi connectivity index (χ4v) is 2.84. The third kappa shape index (κ3) is 4.21. The van der Waals surface area contributed by atoms with E-state index >= 15 is 0 Å². The van der Waals surface area contributed by atoms with Gasteiger partial charge in [0.05, 0.1) is 29.1 Å². The molecule has 0 aliphatic carbocycles. The molecule has 2 N–H and O–H groups in total. The van der Waals surface area contributed by atoms with Crippen molar-refractivity contribution in [2.45, 2.75) is 6.10 Å². The monoisotopic (exact) mass is 248 g/mol. The Hall–Kier alpha value is -0.560. The predicted molar refractivity (Wildman–Crippen MR) is 59.6 cm³/mol. The Morgan fingerprint density at radius 1 is 1.60 bits per heavy atom. The average molecular weight is 248 g/mol. The first kappa shape index (κ1) is 12.5. The maximum atomic E-state index is 11.5. The second kappa shape index (κ2) is 6.12. The smallest absolute Gasteiger partial charge is 0.185 e. The highest BCUT2D eigenvalue weighted by atomic mass is 32.2. The summed E-state index contributed by atoms with van der Waals surface area (Å²) in [5.41, 5.74) is 0. The number of Topliss-reactive ketones (excluding diaryl/α,β-unsaturated/α-hetero) is 1. The summed E-state index contributed by atoms with van der Waals surface area (Å²) in [7, 11) is -1.42. The Balaban J connectivity index is 2.42. The zero-order chi connectivity index (χ0) is 11.3. The number of carbonyl (C=O) groups is 1. The molecule has 0 aliphatic heterocycles. The van der Waals surface area contributed by atoms with Crippen LogP contribution in [0.4, 0.5) is 0 Å². The summed E-state index contributed by atoms with van der Waals surface area (Å²) in [5, 5.41) is 19.3. The first-order valence-electron chi connectivity index (χ1n) is 4.34. The minimum atomic E-state index is -1.42. The van der Waals surface area contributed by atoms with Crippen molar-refractivity contribution in [3.63, 3.8) is 0 Å². The Morgan fingerprint density at radius 2 is 2.33 bits per heavy atom. The van der Waals surface area contributed by atoms with Crippen LogP contribution in [0, 0.1) is 0 Å². The molecular formula is C9H12O4S2. The molecule has 2 atom stereocenters. The molecule has 0 amide bonds. The number of ketones is 1. The molecule has 0 radical (unpaired) electrons. The molecule has 15 heavy (non-hydrogen) atoms. The Kier molecular flexibility index (Phi) is 5.10. The summed E-state index contributed by atoms with van der Waals surface area (Å²) in [6, 6.07) is 3.43. The van der Waals surface area contributed by atoms with E-state index in [0.717, 1.165) is 0 Å². The highest BCUT2D eigenvalue weighted by molar-refractivity contribution is 7.85. The summed E-state index contributed by atoms with van der Waals surface area (Å²) >= 11 is 1.30. The first-order valence-corrected chi connectivity index (χ1v) is 6.71. The van der Waals surface area contributed by atoms with Gasteiger partial charge in [-0.2, -0.15) is 0 Å². The van der Waals surface area contributed by atoms with E-state index in [1.165, 1.54) is 11.3 Å². The highest BCUT2D eigenvalue weighted by Crippen LogP contribution is 2.09. The number of thiophene rings is 1. The van der Waals surface area contributed by atoms with Crippen LogP contribution >= 0.6 is 11.3 Å². The van der Waals surface area contributed by atoms with Crippen molar-refractivity contribution in [2.75, 3.05) is 18.1 Å². The number of rotatable bonds is 6. The molecular weight excluding hydrogens is 236 g/mol. The lowest BCUT2D eigenvalue weighted by molar-refractivity contribution is 0.102. The van der Waals surface area contributed by atoms with Gasteiger partial charge in [-0.25, -0.2) is 0 Å². The molecule has 0 saturated carbocycles. The fourth-order valence-electron chi connectivity index (χ4n) is 0.981. The summed E-state index contributed by atoms with van der Waals surface area (Å²) in [6.07, 6.45) is -1.01. The number of carbonyl (C=O) groups excluding carboxylic acids is 1. The van der Waals surface area contributed by atoms with Crippen molar-refractivity contribution in [2.24, 2.45) is 0 Å². The van der Waals surface area contributed by atoms with Crippen LogP contribution < -0.4 is 0 Å². The molecule has 1 aromatic rings. The van der Waals surface area contributed by atoms with Crippen LogP contribution in [-0.4, -0.2) is 44.4 Å². The molecule has 1 rings (SSSR count). The topological polar surface area (TPSA) is 74.6 Å². The van der Waals surface area contributed by atoms with Gasteiger partial charge < -0.3 is 10.2 Å². The molecule has 0 aromatic carbocycles. The Bertz CT molecular complexity index is 334. The molecule has 1 aromatic heterocycles. The van der Waals surface area contributed by atoms with Gasteiger partial charge in [-0.05, 0) is 11.4 Å². The number of hydrogen-bond acceptors (Lipinski definition) is 5. The van der Waals surface area contributed by atoms with Gasteiger partial charge in [0, 0.05) is 10.8 Å². The molecule has 6 heteroatoms. The molecule has 0 spiro atoms. The van der Waals surface area contributed by atoms with Crippen LogP contribution in [-0.2, 0) is 10.8 Å². The fraction of sp³-hybridized carbons (Fsp3) is 0.444. The van der Waals surface area contributed by atoms with Crippen LogP contribution in [0.3, 0.4) is 0 Å². The average Bonchev–Trinajstić information content (AvgIpc) is 2.70. The summed E-state index contributed by atoms with van der Waals surface area (Å²) in [4.78, 5) is 12.0. The first-order chi connectivity index (χ1) is 7.13. The van der Waals surface area contributed by atoms with E-state index in [1.54, 1.807) is 17.5 Å². The number of aliphatic hydroxyl groups is 2. The third-order valence-electron chi connectivity index (χ3n) is 1.68. The molecule has 84 valence electrons. The van der Waals surface area contributed by atoms with Crippen molar-refractivity contribution in [3.8, 4) is 0 Å². The molecule has 0 aliphatic rings. The van der Waals surface area contributed by atoms with Crippen LogP contribution in [0.1, 0.15) is 9.67 Å². The van der Waals surface area contributed by atoms with E-state index in [2.05, 4.69) is 0 Å². The zero-order valence-corrected chi connectivity index (χ0v) is 9.59. The maximum absolute atomic E-state index is 11.5. The molecule has 4 nitrogen and oxygen atoms in total. The van der Waals surface area contributed by atoms with E-state index in [9.17, 15) is 9.00 Å². The molecule has 0 saturated heterocycles. The maximum Gasteiger partial charge on any atom is 0.185 e. The van der Waals surface area contributed by atoms with E-state index in [1.807, 2.05) is 0 Å². The summed E-state index contributed by atoms with van der Waals surface area (Å²) in [6.45, 7) is -0.432. The standard InChI is InChI=1S/C9H12O4S2/c10-4-7(11)5-15(13)6-8(12)9-2-1-3-14-9/h1-3,7,10-11H,4-6H2. The predicted octanol–water partition coefficient (Wildman–Crippen LogP) is 0.0327. The largest absolute Gasteiger partial charge is 0.394 e. The van der Waals surface area contributed by atoms with Crippen molar-refractivity contribution < 1.29 is 19.2 Å². The van der Waals surface area contributed by atoms with Crippen LogP contribution in [0.15, 0.2) is 17.5 Å². The van der Waals surface area contributed by atoms with Gasteiger partial charge in [0.15, 0.2) is 5.78 Å². The van der Waals surface area contributed by atoms with Gasteiger partial charge in [-0.1, -0.05) is 6.07 Å². The zero-order valence-electron chi connectivity index (χ0n) is 7.96. The van der Waals surface area contributed by atoms with Gasteiger partial charge in [-0.3, -0.25) is 9.00 Å². The minimum absolute atomic E-state index is 0.0619. The van der Waals surface area contributed by atoms with Crippen molar-refractivity contribution in [3.05, 3.63) is 22.4 Å². The summed E-state index contributed by atoms with van der Waals surface area (Å²) < 4.78 is 11.3. The third-order valence-corrected chi connectivity index (χ3v) is 3.93. The Labute approximate surface area is 94.0 Å².